The monoisotopic (exact) mass is 338 g/mol. The molecule has 1 N–H and O–H groups in total. The van der Waals surface area contributed by atoms with Crippen LogP contribution in [0, 0.1) is 0 Å². The average Bonchev–Trinajstić information content (AvgIpc) is 3.09. The van der Waals surface area contributed by atoms with Gasteiger partial charge in [0.1, 0.15) is 10.8 Å². The molecule has 1 aliphatic heterocycles. The van der Waals surface area contributed by atoms with Crippen molar-refractivity contribution in [1.82, 2.24) is 10.3 Å². The maximum absolute atomic E-state index is 5.25. The molecule has 5 heteroatoms. The molecule has 2 heterocycles. The van der Waals surface area contributed by atoms with Crippen LogP contribution in [0.4, 0.5) is 0 Å². The van der Waals surface area contributed by atoms with Gasteiger partial charge in [-0.1, -0.05) is 0 Å². The Morgan fingerprint density at radius 2 is 2.37 bits per heavy atom. The maximum Gasteiger partial charge on any atom is 0.133 e. The Hall–Kier alpha value is -0.910. The Labute approximate surface area is 125 Å². The average molecular weight is 339 g/mol. The van der Waals surface area contributed by atoms with Crippen LogP contribution in [0.25, 0.3) is 11.3 Å². The fourth-order valence-electron chi connectivity index (χ4n) is 2.30. The molecule has 1 saturated heterocycles. The number of nitrogens with zero attached hydrogens (tertiary/aromatic N) is 1. The molecule has 3 nitrogen and oxygen atoms in total. The Bertz CT molecular complexity index is 579. The number of aromatic nitrogens is 1. The van der Waals surface area contributed by atoms with Crippen molar-refractivity contribution in [2.45, 2.75) is 18.9 Å². The molecule has 2 aromatic rings. The first kappa shape index (κ1) is 13.1. The predicted octanol–water partition coefficient (Wildman–Crippen LogP) is 4.01. The molecular formula is C14H15BrN2OS. The zero-order valence-corrected chi connectivity index (χ0v) is 13.1. The van der Waals surface area contributed by atoms with Crippen LogP contribution < -0.4 is 10.1 Å². The summed E-state index contributed by atoms with van der Waals surface area (Å²) >= 11 is 5.25. The second-order valence-corrected chi connectivity index (χ2v) is 6.31. The minimum atomic E-state index is 0.445. The largest absolute Gasteiger partial charge is 0.496 e. The summed E-state index contributed by atoms with van der Waals surface area (Å²) in [5.41, 5.74) is 2.16. The highest BCUT2D eigenvalue weighted by Crippen LogP contribution is 2.33. The molecule has 3 rings (SSSR count). The fourth-order valence-corrected chi connectivity index (χ4v) is 3.78. The summed E-state index contributed by atoms with van der Waals surface area (Å²) in [6, 6.07) is 6.51. The lowest BCUT2D eigenvalue weighted by Gasteiger charge is -2.06. The van der Waals surface area contributed by atoms with E-state index in [1.807, 2.05) is 12.1 Å². The number of thiazole rings is 1. The molecule has 0 saturated carbocycles. The summed E-state index contributed by atoms with van der Waals surface area (Å²) in [5, 5.41) is 6.81. The molecule has 0 amide bonds. The van der Waals surface area contributed by atoms with E-state index in [9.17, 15) is 0 Å². The molecule has 1 aliphatic rings. The predicted molar refractivity (Wildman–Crippen MR) is 81.8 cm³/mol. The molecule has 1 aromatic heterocycles. The van der Waals surface area contributed by atoms with Crippen molar-refractivity contribution in [3.8, 4) is 17.0 Å². The summed E-state index contributed by atoms with van der Waals surface area (Å²) in [7, 11) is 1.67. The third-order valence-corrected chi connectivity index (χ3v) is 4.91. The van der Waals surface area contributed by atoms with E-state index in [1.165, 1.54) is 17.8 Å². The minimum Gasteiger partial charge on any atom is -0.496 e. The Kier molecular flexibility index (Phi) is 3.86. The van der Waals surface area contributed by atoms with E-state index in [2.05, 4.69) is 32.7 Å². The van der Waals surface area contributed by atoms with Crippen LogP contribution in [0.1, 0.15) is 23.9 Å². The van der Waals surface area contributed by atoms with Crippen molar-refractivity contribution >= 4 is 27.3 Å². The van der Waals surface area contributed by atoms with Gasteiger partial charge in [0.15, 0.2) is 0 Å². The van der Waals surface area contributed by atoms with E-state index < -0.39 is 0 Å². The van der Waals surface area contributed by atoms with E-state index in [-0.39, 0.29) is 0 Å². The number of methoxy groups -OCH3 is 1. The summed E-state index contributed by atoms with van der Waals surface area (Å²) in [5.74, 6) is 0.844. The Morgan fingerprint density at radius 3 is 3.05 bits per heavy atom. The molecule has 100 valence electrons. The first-order valence-corrected chi connectivity index (χ1v) is 7.98. The number of rotatable bonds is 3. The highest BCUT2D eigenvalue weighted by molar-refractivity contribution is 9.10. The molecule has 0 spiro atoms. The molecule has 0 radical (unpaired) electrons. The lowest BCUT2D eigenvalue weighted by atomic mass is 10.1. The van der Waals surface area contributed by atoms with Crippen LogP contribution in [-0.4, -0.2) is 18.6 Å². The van der Waals surface area contributed by atoms with Crippen LogP contribution in [0.15, 0.2) is 28.1 Å². The molecular weight excluding hydrogens is 324 g/mol. The van der Waals surface area contributed by atoms with Gasteiger partial charge in [-0.3, -0.25) is 0 Å². The normalized spacial score (nSPS) is 18.7. The summed E-state index contributed by atoms with van der Waals surface area (Å²) < 4.78 is 6.21. The van der Waals surface area contributed by atoms with Gasteiger partial charge in [-0.25, -0.2) is 4.98 Å². The fraction of sp³-hybridized carbons (Fsp3) is 0.357. The number of benzene rings is 1. The van der Waals surface area contributed by atoms with Crippen molar-refractivity contribution in [1.29, 1.82) is 0 Å². The van der Waals surface area contributed by atoms with Crippen molar-refractivity contribution in [2.24, 2.45) is 0 Å². The number of halogens is 1. The highest BCUT2D eigenvalue weighted by Gasteiger charge is 2.19. The lowest BCUT2D eigenvalue weighted by molar-refractivity contribution is 0.412. The smallest absolute Gasteiger partial charge is 0.133 e. The van der Waals surface area contributed by atoms with Crippen molar-refractivity contribution in [3.63, 3.8) is 0 Å². The first-order valence-electron chi connectivity index (χ1n) is 6.30. The van der Waals surface area contributed by atoms with Crippen LogP contribution in [0.3, 0.4) is 0 Å². The van der Waals surface area contributed by atoms with Gasteiger partial charge in [-0.05, 0) is 53.5 Å². The zero-order valence-electron chi connectivity index (χ0n) is 10.6. The number of ether oxygens (including phenoxy) is 1. The minimum absolute atomic E-state index is 0.445. The molecule has 1 aromatic carbocycles. The molecule has 19 heavy (non-hydrogen) atoms. The van der Waals surface area contributed by atoms with Gasteiger partial charge in [0.2, 0.25) is 0 Å². The Balaban J connectivity index is 1.87. The van der Waals surface area contributed by atoms with Crippen LogP contribution in [0.2, 0.25) is 0 Å². The summed E-state index contributed by atoms with van der Waals surface area (Å²) in [6.07, 6.45) is 2.44. The maximum atomic E-state index is 5.25. The van der Waals surface area contributed by atoms with Crippen LogP contribution in [-0.2, 0) is 0 Å². The standard InChI is InChI=1S/C14H15BrN2OS/c1-18-13-5-4-9(7-10(13)15)12-8-19-14(17-12)11-3-2-6-16-11/h4-5,7-8,11,16H,2-3,6H2,1H3. The number of hydrogen-bond acceptors (Lipinski definition) is 4. The van der Waals surface area contributed by atoms with Gasteiger partial charge >= 0.3 is 0 Å². The van der Waals surface area contributed by atoms with Gasteiger partial charge in [-0.15, -0.1) is 11.3 Å². The summed E-state index contributed by atoms with van der Waals surface area (Å²) in [6.45, 7) is 1.10. The van der Waals surface area contributed by atoms with E-state index in [1.54, 1.807) is 18.4 Å². The van der Waals surface area contributed by atoms with Gasteiger partial charge in [0.25, 0.3) is 0 Å². The van der Waals surface area contributed by atoms with E-state index in [0.717, 1.165) is 28.0 Å². The second kappa shape index (κ2) is 5.61. The first-order chi connectivity index (χ1) is 9.28. The van der Waals surface area contributed by atoms with Crippen LogP contribution >= 0.6 is 27.3 Å². The van der Waals surface area contributed by atoms with Crippen LogP contribution in [0.5, 0.6) is 5.75 Å². The highest BCUT2D eigenvalue weighted by atomic mass is 79.9. The molecule has 1 fully saturated rings. The van der Waals surface area contributed by atoms with E-state index in [4.69, 9.17) is 9.72 Å². The zero-order chi connectivity index (χ0) is 13.2. The van der Waals surface area contributed by atoms with Gasteiger partial charge < -0.3 is 10.1 Å². The number of nitrogens with one attached hydrogen (secondary N) is 1. The third-order valence-electron chi connectivity index (χ3n) is 3.33. The molecule has 1 unspecified atom stereocenters. The van der Waals surface area contributed by atoms with Crippen molar-refractivity contribution < 1.29 is 4.74 Å². The third kappa shape index (κ3) is 2.68. The second-order valence-electron chi connectivity index (χ2n) is 4.57. The SMILES string of the molecule is COc1ccc(-c2csc(C3CCCN3)n2)cc1Br. The number of hydrogen-bond donors (Lipinski definition) is 1. The van der Waals surface area contributed by atoms with Gasteiger partial charge in [-0.2, -0.15) is 0 Å². The van der Waals surface area contributed by atoms with Gasteiger partial charge in [0.05, 0.1) is 23.3 Å². The topological polar surface area (TPSA) is 34.1 Å². The molecule has 0 aliphatic carbocycles. The summed E-state index contributed by atoms with van der Waals surface area (Å²) in [4.78, 5) is 4.75. The van der Waals surface area contributed by atoms with Crippen molar-refractivity contribution in [3.05, 3.63) is 33.1 Å². The van der Waals surface area contributed by atoms with E-state index in [0.29, 0.717) is 6.04 Å². The Morgan fingerprint density at radius 1 is 1.47 bits per heavy atom. The molecule has 1 atom stereocenters. The lowest BCUT2D eigenvalue weighted by Crippen LogP contribution is -2.12. The van der Waals surface area contributed by atoms with E-state index >= 15 is 0 Å². The quantitative estimate of drug-likeness (QED) is 0.918. The van der Waals surface area contributed by atoms with Gasteiger partial charge in [0, 0.05) is 10.9 Å². The van der Waals surface area contributed by atoms with Crippen molar-refractivity contribution in [2.75, 3.05) is 13.7 Å². The molecule has 0 bridgehead atoms.